The molecule has 2 aromatic heterocycles. The lowest BCUT2D eigenvalue weighted by molar-refractivity contribution is 0.571. The topological polar surface area (TPSA) is 33.4 Å². The monoisotopic (exact) mass is 368 g/mol. The van der Waals surface area contributed by atoms with Crippen molar-refractivity contribution >= 4 is 11.5 Å². The predicted molar refractivity (Wildman–Crippen MR) is 115 cm³/mol. The predicted octanol–water partition coefficient (Wildman–Crippen LogP) is 5.36. The van der Waals surface area contributed by atoms with Crippen molar-refractivity contribution in [2.45, 2.75) is 26.2 Å². The molecule has 0 saturated carbocycles. The van der Waals surface area contributed by atoms with Gasteiger partial charge in [0.15, 0.2) is 5.65 Å². The smallest absolute Gasteiger partial charge is 0.167 e. The molecule has 1 aliphatic heterocycles. The molecule has 0 unspecified atom stereocenters. The van der Waals surface area contributed by atoms with Crippen molar-refractivity contribution in [2.75, 3.05) is 18.0 Å². The molecule has 0 spiro atoms. The average Bonchev–Trinajstić information content (AvgIpc) is 3.14. The number of piperidine rings is 1. The molecule has 0 aliphatic carbocycles. The average molecular weight is 368 g/mol. The van der Waals surface area contributed by atoms with E-state index in [1.165, 1.54) is 25.1 Å². The molecule has 4 heteroatoms. The molecule has 0 amide bonds. The van der Waals surface area contributed by atoms with Crippen LogP contribution in [-0.4, -0.2) is 27.5 Å². The fourth-order valence-electron chi connectivity index (χ4n) is 4.11. The van der Waals surface area contributed by atoms with Crippen molar-refractivity contribution < 1.29 is 0 Å². The van der Waals surface area contributed by atoms with Crippen LogP contribution in [0.5, 0.6) is 0 Å². The van der Waals surface area contributed by atoms with Gasteiger partial charge in [0.05, 0.1) is 0 Å². The molecule has 4 aromatic rings. The number of anilines is 1. The second-order valence-corrected chi connectivity index (χ2v) is 7.48. The van der Waals surface area contributed by atoms with Gasteiger partial charge < -0.3 is 4.90 Å². The number of hydrogen-bond donors (Lipinski definition) is 0. The largest absolute Gasteiger partial charge is 0.358 e. The molecular formula is C24H24N4. The molecule has 1 aliphatic rings. The second-order valence-electron chi connectivity index (χ2n) is 7.48. The van der Waals surface area contributed by atoms with Crippen LogP contribution in [0, 0.1) is 6.92 Å². The summed E-state index contributed by atoms with van der Waals surface area (Å²) in [4.78, 5) is 12.5. The van der Waals surface area contributed by atoms with Gasteiger partial charge in [-0.05, 0) is 26.2 Å². The molecule has 1 fully saturated rings. The Labute approximate surface area is 165 Å². The molecule has 5 rings (SSSR count). The summed E-state index contributed by atoms with van der Waals surface area (Å²) in [7, 11) is 0. The number of benzene rings is 2. The van der Waals surface area contributed by atoms with Crippen LogP contribution in [0.25, 0.3) is 28.3 Å². The van der Waals surface area contributed by atoms with Crippen molar-refractivity contribution in [2.24, 2.45) is 0 Å². The number of fused-ring (bicyclic) bond motifs is 1. The van der Waals surface area contributed by atoms with Crippen LogP contribution in [-0.2, 0) is 0 Å². The van der Waals surface area contributed by atoms with Gasteiger partial charge in [-0.25, -0.2) is 9.97 Å². The Balaban J connectivity index is 1.82. The summed E-state index contributed by atoms with van der Waals surface area (Å²) in [5, 5.41) is 0. The third-order valence-corrected chi connectivity index (χ3v) is 5.46. The van der Waals surface area contributed by atoms with Crippen LogP contribution in [0.2, 0.25) is 0 Å². The number of hydrogen-bond acceptors (Lipinski definition) is 3. The van der Waals surface area contributed by atoms with Crippen molar-refractivity contribution in [3.8, 4) is 22.6 Å². The van der Waals surface area contributed by atoms with Gasteiger partial charge in [0.1, 0.15) is 17.3 Å². The fourth-order valence-corrected chi connectivity index (χ4v) is 4.11. The van der Waals surface area contributed by atoms with Gasteiger partial charge in [-0.3, -0.25) is 4.40 Å². The van der Waals surface area contributed by atoms with Crippen molar-refractivity contribution in [3.05, 3.63) is 72.4 Å². The standard InChI is InChI=1S/C24H24N4/c1-18-17-21(27-15-9-4-10-16-27)28-23(20-13-7-3-8-14-20)26-22(24(28)25-18)19-11-5-2-6-12-19/h2-3,5-8,11-14,17H,4,9-10,15-16H2,1H3. The highest BCUT2D eigenvalue weighted by Gasteiger charge is 2.22. The van der Waals surface area contributed by atoms with Crippen LogP contribution >= 0.6 is 0 Å². The summed E-state index contributed by atoms with van der Waals surface area (Å²) in [5.74, 6) is 2.17. The third-order valence-electron chi connectivity index (χ3n) is 5.46. The second kappa shape index (κ2) is 7.12. The van der Waals surface area contributed by atoms with Crippen LogP contribution < -0.4 is 4.90 Å². The summed E-state index contributed by atoms with van der Waals surface area (Å²) in [6.07, 6.45) is 3.79. The molecule has 0 radical (unpaired) electrons. The molecule has 0 N–H and O–H groups in total. The zero-order valence-electron chi connectivity index (χ0n) is 16.2. The Morgan fingerprint density at radius 3 is 2.07 bits per heavy atom. The summed E-state index contributed by atoms with van der Waals surface area (Å²) in [5.41, 5.74) is 5.13. The number of imidazole rings is 1. The maximum atomic E-state index is 5.10. The van der Waals surface area contributed by atoms with E-state index in [9.17, 15) is 0 Å². The highest BCUT2D eigenvalue weighted by Crippen LogP contribution is 2.33. The van der Waals surface area contributed by atoms with Gasteiger partial charge in [-0.2, -0.15) is 0 Å². The summed E-state index contributed by atoms with van der Waals surface area (Å²) >= 11 is 0. The lowest BCUT2D eigenvalue weighted by atomic mass is 10.1. The summed E-state index contributed by atoms with van der Waals surface area (Å²) in [6, 6.07) is 23.0. The van der Waals surface area contributed by atoms with Gasteiger partial charge in [0.25, 0.3) is 0 Å². The number of aryl methyl sites for hydroxylation is 1. The zero-order chi connectivity index (χ0) is 18.9. The highest BCUT2D eigenvalue weighted by atomic mass is 15.3. The molecule has 2 aromatic carbocycles. The number of aromatic nitrogens is 3. The van der Waals surface area contributed by atoms with Gasteiger partial charge in [-0.1, -0.05) is 60.7 Å². The van der Waals surface area contributed by atoms with E-state index in [1.54, 1.807) is 0 Å². The first-order chi connectivity index (χ1) is 13.8. The molecule has 0 bridgehead atoms. The summed E-state index contributed by atoms with van der Waals surface area (Å²) in [6.45, 7) is 4.26. The minimum Gasteiger partial charge on any atom is -0.358 e. The lowest BCUT2D eigenvalue weighted by Gasteiger charge is -2.30. The Morgan fingerprint density at radius 1 is 0.750 bits per heavy atom. The number of nitrogens with zero attached hydrogens (tertiary/aromatic N) is 4. The normalized spacial score (nSPS) is 14.5. The van der Waals surface area contributed by atoms with Crippen molar-refractivity contribution in [1.82, 2.24) is 14.4 Å². The molecule has 0 atom stereocenters. The highest BCUT2D eigenvalue weighted by molar-refractivity contribution is 5.81. The molecule has 3 heterocycles. The van der Waals surface area contributed by atoms with Crippen LogP contribution in [0.4, 0.5) is 5.82 Å². The van der Waals surface area contributed by atoms with Crippen LogP contribution in [0.15, 0.2) is 66.7 Å². The maximum Gasteiger partial charge on any atom is 0.167 e. The Hall–Kier alpha value is -3.14. The van der Waals surface area contributed by atoms with E-state index in [4.69, 9.17) is 9.97 Å². The van der Waals surface area contributed by atoms with Gasteiger partial charge in [-0.15, -0.1) is 0 Å². The van der Waals surface area contributed by atoms with E-state index in [-0.39, 0.29) is 0 Å². The Kier molecular flexibility index (Phi) is 4.32. The van der Waals surface area contributed by atoms with Crippen LogP contribution in [0.1, 0.15) is 25.0 Å². The van der Waals surface area contributed by atoms with Gasteiger partial charge in [0.2, 0.25) is 0 Å². The molecular weight excluding hydrogens is 344 g/mol. The van der Waals surface area contributed by atoms with E-state index in [2.05, 4.69) is 70.8 Å². The van der Waals surface area contributed by atoms with Crippen molar-refractivity contribution in [1.29, 1.82) is 0 Å². The van der Waals surface area contributed by atoms with Gasteiger partial charge >= 0.3 is 0 Å². The fraction of sp³-hybridized carbons (Fsp3) is 0.250. The first-order valence-electron chi connectivity index (χ1n) is 10.1. The van der Waals surface area contributed by atoms with E-state index < -0.39 is 0 Å². The Bertz CT molecular complexity index is 1090. The lowest BCUT2D eigenvalue weighted by Crippen LogP contribution is -2.31. The quantitative estimate of drug-likeness (QED) is 0.488. The van der Waals surface area contributed by atoms with Crippen LogP contribution in [0.3, 0.4) is 0 Å². The third kappa shape index (κ3) is 2.95. The molecule has 28 heavy (non-hydrogen) atoms. The Morgan fingerprint density at radius 2 is 1.39 bits per heavy atom. The SMILES string of the molecule is Cc1cc(N2CCCCC2)n2c(-c3ccccc3)nc(-c3ccccc3)c2n1. The molecule has 4 nitrogen and oxygen atoms in total. The van der Waals surface area contributed by atoms with Gasteiger partial charge in [0, 0.05) is 36.0 Å². The molecule has 1 saturated heterocycles. The van der Waals surface area contributed by atoms with E-state index >= 15 is 0 Å². The maximum absolute atomic E-state index is 5.10. The van der Waals surface area contributed by atoms with Crippen molar-refractivity contribution in [3.63, 3.8) is 0 Å². The minimum absolute atomic E-state index is 0.936. The number of rotatable bonds is 3. The zero-order valence-corrected chi connectivity index (χ0v) is 16.2. The first-order valence-corrected chi connectivity index (χ1v) is 10.1. The summed E-state index contributed by atoms with van der Waals surface area (Å²) < 4.78 is 2.26. The van der Waals surface area contributed by atoms with E-state index in [0.717, 1.165) is 47.1 Å². The van der Waals surface area contributed by atoms with E-state index in [0.29, 0.717) is 0 Å². The first kappa shape index (κ1) is 17.0. The van der Waals surface area contributed by atoms with E-state index in [1.807, 2.05) is 12.1 Å². The minimum atomic E-state index is 0.936. The molecule has 140 valence electrons.